The lowest BCUT2D eigenvalue weighted by Crippen LogP contribution is -2.26. The summed E-state index contributed by atoms with van der Waals surface area (Å²) in [6.07, 6.45) is 4.41. The Bertz CT molecular complexity index is 232. The van der Waals surface area contributed by atoms with Crippen LogP contribution in [0, 0.1) is 17.8 Å². The van der Waals surface area contributed by atoms with Gasteiger partial charge in [-0.25, -0.2) is 0 Å². The lowest BCUT2D eigenvalue weighted by molar-refractivity contribution is -0.121. The summed E-state index contributed by atoms with van der Waals surface area (Å²) >= 11 is 0. The van der Waals surface area contributed by atoms with Crippen LogP contribution in [0.3, 0.4) is 0 Å². The van der Waals surface area contributed by atoms with Gasteiger partial charge in [0.15, 0.2) is 0 Å². The number of amides is 1. The van der Waals surface area contributed by atoms with Crippen molar-refractivity contribution < 1.29 is 9.90 Å². The van der Waals surface area contributed by atoms with Crippen molar-refractivity contribution in [2.24, 2.45) is 23.5 Å². The van der Waals surface area contributed by atoms with Gasteiger partial charge in [0.05, 0.1) is 0 Å². The molecule has 2 unspecified atom stereocenters. The van der Waals surface area contributed by atoms with Crippen LogP contribution in [0.25, 0.3) is 0 Å². The fourth-order valence-electron chi connectivity index (χ4n) is 2.20. The maximum Gasteiger partial charge on any atom is 0.220 e. The Labute approximate surface area is 118 Å². The van der Waals surface area contributed by atoms with E-state index in [9.17, 15) is 4.79 Å². The molecule has 0 aromatic heterocycles. The van der Waals surface area contributed by atoms with Crippen LogP contribution in [-0.4, -0.2) is 30.7 Å². The van der Waals surface area contributed by atoms with E-state index in [-0.39, 0.29) is 12.5 Å². The molecule has 0 aromatic rings. The zero-order chi connectivity index (χ0) is 14.7. The lowest BCUT2D eigenvalue weighted by atomic mass is 9.88. The summed E-state index contributed by atoms with van der Waals surface area (Å²) < 4.78 is 0. The molecule has 2 atom stereocenters. The van der Waals surface area contributed by atoms with E-state index in [1.54, 1.807) is 0 Å². The number of rotatable bonds is 11. The van der Waals surface area contributed by atoms with E-state index in [0.29, 0.717) is 37.3 Å². The highest BCUT2D eigenvalue weighted by molar-refractivity contribution is 5.75. The number of hydrogen-bond acceptors (Lipinski definition) is 3. The fourth-order valence-corrected chi connectivity index (χ4v) is 2.20. The Morgan fingerprint density at radius 1 is 1.21 bits per heavy atom. The molecule has 0 rings (SSSR count). The maximum absolute atomic E-state index is 11.7. The quantitative estimate of drug-likeness (QED) is 0.503. The van der Waals surface area contributed by atoms with Gasteiger partial charge in [-0.3, -0.25) is 4.79 Å². The Morgan fingerprint density at radius 2 is 1.89 bits per heavy atom. The highest BCUT2D eigenvalue weighted by Crippen LogP contribution is 2.20. The van der Waals surface area contributed by atoms with E-state index in [1.165, 1.54) is 0 Å². The normalized spacial score (nSPS) is 14.4. The van der Waals surface area contributed by atoms with Crippen molar-refractivity contribution in [3.05, 3.63) is 0 Å². The molecule has 0 aromatic carbocycles. The zero-order valence-electron chi connectivity index (χ0n) is 12.8. The Hall–Kier alpha value is -0.610. The largest absolute Gasteiger partial charge is 0.396 e. The first-order chi connectivity index (χ1) is 9.01. The number of carbonyl (C=O) groups is 1. The summed E-state index contributed by atoms with van der Waals surface area (Å²) in [6.45, 7) is 8.03. The molecule has 1 amide bonds. The Balaban J connectivity index is 3.68. The van der Waals surface area contributed by atoms with Crippen LogP contribution < -0.4 is 11.1 Å². The second-order valence-electron chi connectivity index (χ2n) is 5.90. The number of aliphatic hydroxyl groups is 1. The minimum Gasteiger partial charge on any atom is -0.396 e. The van der Waals surface area contributed by atoms with Crippen LogP contribution in [0.4, 0.5) is 0 Å². The molecule has 4 heteroatoms. The first kappa shape index (κ1) is 18.4. The fraction of sp³-hybridized carbons (Fsp3) is 0.933. The van der Waals surface area contributed by atoms with E-state index in [1.807, 2.05) is 6.92 Å². The van der Waals surface area contributed by atoms with Gasteiger partial charge < -0.3 is 16.2 Å². The van der Waals surface area contributed by atoms with Gasteiger partial charge >= 0.3 is 0 Å². The third kappa shape index (κ3) is 9.91. The van der Waals surface area contributed by atoms with Crippen LogP contribution in [0.2, 0.25) is 0 Å². The molecule has 0 radical (unpaired) electrons. The molecule has 4 N–H and O–H groups in total. The molecular weight excluding hydrogens is 240 g/mol. The molecule has 0 aliphatic heterocycles. The molecule has 0 aliphatic carbocycles. The molecule has 0 heterocycles. The molecule has 0 saturated heterocycles. The van der Waals surface area contributed by atoms with Gasteiger partial charge in [-0.15, -0.1) is 0 Å². The predicted molar refractivity (Wildman–Crippen MR) is 79.7 cm³/mol. The summed E-state index contributed by atoms with van der Waals surface area (Å²) in [6, 6.07) is 0. The van der Waals surface area contributed by atoms with Crippen LogP contribution in [-0.2, 0) is 4.79 Å². The third-order valence-corrected chi connectivity index (χ3v) is 3.73. The van der Waals surface area contributed by atoms with E-state index < -0.39 is 0 Å². The molecule has 0 spiro atoms. The first-order valence-corrected chi connectivity index (χ1v) is 7.58. The van der Waals surface area contributed by atoms with Crippen molar-refractivity contribution in [3.63, 3.8) is 0 Å². The maximum atomic E-state index is 11.7. The second-order valence-corrected chi connectivity index (χ2v) is 5.90. The van der Waals surface area contributed by atoms with Crippen molar-refractivity contribution in [1.29, 1.82) is 0 Å². The minimum absolute atomic E-state index is 0.138. The van der Waals surface area contributed by atoms with Crippen LogP contribution in [0.15, 0.2) is 0 Å². The molecule has 4 nitrogen and oxygen atoms in total. The van der Waals surface area contributed by atoms with Gasteiger partial charge in [0, 0.05) is 19.6 Å². The van der Waals surface area contributed by atoms with Crippen LogP contribution in [0.1, 0.15) is 52.9 Å². The number of nitrogens with two attached hydrogens (primary N) is 1. The third-order valence-electron chi connectivity index (χ3n) is 3.73. The van der Waals surface area contributed by atoms with Crippen LogP contribution in [0.5, 0.6) is 0 Å². The lowest BCUT2D eigenvalue weighted by Gasteiger charge is -2.19. The van der Waals surface area contributed by atoms with Crippen molar-refractivity contribution in [1.82, 2.24) is 5.32 Å². The number of aliphatic hydroxyl groups excluding tert-OH is 1. The van der Waals surface area contributed by atoms with Crippen molar-refractivity contribution in [2.45, 2.75) is 52.9 Å². The van der Waals surface area contributed by atoms with Gasteiger partial charge in [0.2, 0.25) is 5.91 Å². The smallest absolute Gasteiger partial charge is 0.220 e. The topological polar surface area (TPSA) is 75.3 Å². The molecule has 0 aliphatic rings. The number of hydrogen-bond donors (Lipinski definition) is 3. The minimum atomic E-state index is 0.138. The molecular formula is C15H32N2O2. The van der Waals surface area contributed by atoms with Crippen molar-refractivity contribution >= 4 is 5.91 Å². The van der Waals surface area contributed by atoms with E-state index in [4.69, 9.17) is 10.8 Å². The molecule has 0 saturated carbocycles. The standard InChI is InChI=1S/C15H32N2O2/c1-12(2)14(8-9-16)6-7-15(19)17-10-4-5-13(3)11-18/h12-14,18H,4-11,16H2,1-3H3,(H,17,19). The highest BCUT2D eigenvalue weighted by atomic mass is 16.3. The average Bonchev–Trinajstić information content (AvgIpc) is 2.38. The van der Waals surface area contributed by atoms with Crippen molar-refractivity contribution in [2.75, 3.05) is 19.7 Å². The molecule has 19 heavy (non-hydrogen) atoms. The molecule has 114 valence electrons. The summed E-state index contributed by atoms with van der Waals surface area (Å²) in [5.41, 5.74) is 5.59. The summed E-state index contributed by atoms with van der Waals surface area (Å²) in [5, 5.41) is 11.8. The van der Waals surface area contributed by atoms with Gasteiger partial charge in [0.25, 0.3) is 0 Å². The predicted octanol–water partition coefficient (Wildman–Crippen LogP) is 1.91. The molecule has 0 fully saturated rings. The first-order valence-electron chi connectivity index (χ1n) is 7.58. The monoisotopic (exact) mass is 272 g/mol. The van der Waals surface area contributed by atoms with Crippen molar-refractivity contribution in [3.8, 4) is 0 Å². The summed E-state index contributed by atoms with van der Waals surface area (Å²) in [4.78, 5) is 11.7. The SMILES string of the molecule is CC(CO)CCCNC(=O)CCC(CCN)C(C)C. The second kappa shape index (κ2) is 11.2. The van der Waals surface area contributed by atoms with E-state index >= 15 is 0 Å². The summed E-state index contributed by atoms with van der Waals surface area (Å²) in [7, 11) is 0. The Morgan fingerprint density at radius 3 is 2.42 bits per heavy atom. The number of nitrogens with one attached hydrogen (secondary N) is 1. The van der Waals surface area contributed by atoms with Crippen LogP contribution >= 0.6 is 0 Å². The average molecular weight is 272 g/mol. The van der Waals surface area contributed by atoms with Gasteiger partial charge in [-0.1, -0.05) is 20.8 Å². The highest BCUT2D eigenvalue weighted by Gasteiger charge is 2.14. The van der Waals surface area contributed by atoms with Gasteiger partial charge in [0.1, 0.15) is 0 Å². The Kier molecular flexibility index (Phi) is 10.9. The van der Waals surface area contributed by atoms with E-state index in [2.05, 4.69) is 19.2 Å². The zero-order valence-corrected chi connectivity index (χ0v) is 12.8. The number of carbonyl (C=O) groups excluding carboxylic acids is 1. The van der Waals surface area contributed by atoms with E-state index in [0.717, 1.165) is 25.7 Å². The van der Waals surface area contributed by atoms with Gasteiger partial charge in [-0.05, 0) is 50.0 Å². The molecule has 0 bridgehead atoms. The summed E-state index contributed by atoms with van der Waals surface area (Å²) in [5.74, 6) is 1.60. The van der Waals surface area contributed by atoms with Gasteiger partial charge in [-0.2, -0.15) is 0 Å².